The molecule has 2 aliphatic rings. The lowest BCUT2D eigenvalue weighted by molar-refractivity contribution is 0.0958. The second kappa shape index (κ2) is 6.38. The van der Waals surface area contributed by atoms with E-state index in [0.29, 0.717) is 0 Å². The van der Waals surface area contributed by atoms with Gasteiger partial charge in [-0.2, -0.15) is 8.42 Å². The van der Waals surface area contributed by atoms with Gasteiger partial charge in [-0.3, -0.25) is 19.9 Å². The van der Waals surface area contributed by atoms with Gasteiger partial charge in [0, 0.05) is 22.4 Å². The molecule has 0 aromatic heterocycles. The van der Waals surface area contributed by atoms with Crippen LogP contribution >= 0.6 is 0 Å². The molecule has 2 aliphatic carbocycles. The third-order valence-corrected chi connectivity index (χ3v) is 5.99. The van der Waals surface area contributed by atoms with E-state index in [2.05, 4.69) is 0 Å². The van der Waals surface area contributed by atoms with Gasteiger partial charge in [0.2, 0.25) is 5.72 Å². The summed E-state index contributed by atoms with van der Waals surface area (Å²) in [7, 11) is -4.69. The zero-order valence-electron chi connectivity index (χ0n) is 14.9. The minimum atomic E-state index is -4.69. The molecule has 0 aliphatic heterocycles. The van der Waals surface area contributed by atoms with E-state index in [1.54, 1.807) is 18.2 Å². The molecule has 0 bridgehead atoms. The number of nitrogens with two attached hydrogens (primary N) is 2. The smallest absolute Gasteiger partial charge is 0.277 e. The summed E-state index contributed by atoms with van der Waals surface area (Å²) in [5, 5.41) is -1.71. The van der Waals surface area contributed by atoms with Crippen molar-refractivity contribution in [3.05, 3.63) is 88.6 Å². The molecule has 2 unspecified atom stereocenters. The highest BCUT2D eigenvalue weighted by atomic mass is 32.2. The van der Waals surface area contributed by atoms with Gasteiger partial charge in [-0.05, 0) is 24.3 Å². The van der Waals surface area contributed by atoms with E-state index >= 15 is 0 Å². The molecule has 0 radical (unpaired) electrons. The van der Waals surface area contributed by atoms with Crippen molar-refractivity contribution in [3.8, 4) is 5.75 Å². The van der Waals surface area contributed by atoms with Gasteiger partial charge in [0.1, 0.15) is 5.75 Å². The van der Waals surface area contributed by atoms with Crippen LogP contribution in [0.4, 0.5) is 0 Å². The molecule has 0 fully saturated rings. The van der Waals surface area contributed by atoms with Crippen molar-refractivity contribution in [1.82, 2.24) is 0 Å². The molecule has 2 aromatic rings. The van der Waals surface area contributed by atoms with Crippen LogP contribution in [0.5, 0.6) is 5.75 Å². The number of hydrogen-bond acceptors (Lipinski definition) is 7. The molecule has 0 spiro atoms. The molecule has 8 nitrogen and oxygen atoms in total. The van der Waals surface area contributed by atoms with E-state index in [0.717, 1.165) is 6.08 Å². The fourth-order valence-corrected chi connectivity index (χ4v) is 4.40. The quantitative estimate of drug-likeness (QED) is 0.428. The molecule has 2 atom stereocenters. The second-order valence-corrected chi connectivity index (χ2v) is 8.31. The van der Waals surface area contributed by atoms with Crippen molar-refractivity contribution in [1.29, 1.82) is 0 Å². The fraction of sp³-hybridized carbons (Fsp3) is 0.100. The highest BCUT2D eigenvalue weighted by Crippen LogP contribution is 2.36. The van der Waals surface area contributed by atoms with Crippen molar-refractivity contribution < 1.29 is 27.3 Å². The number of benzene rings is 2. The van der Waals surface area contributed by atoms with Gasteiger partial charge in [-0.25, -0.2) is 0 Å². The van der Waals surface area contributed by atoms with Crippen LogP contribution in [0.2, 0.25) is 0 Å². The molecule has 29 heavy (non-hydrogen) atoms. The van der Waals surface area contributed by atoms with Gasteiger partial charge in [0.05, 0.1) is 5.56 Å². The molecular weight excluding hydrogens is 396 g/mol. The Morgan fingerprint density at radius 1 is 0.966 bits per heavy atom. The second-order valence-electron chi connectivity index (χ2n) is 6.77. The Balaban J connectivity index is 1.84. The number of carbonyl (C=O) groups excluding carboxylic acids is 2. The Morgan fingerprint density at radius 2 is 1.59 bits per heavy atom. The van der Waals surface area contributed by atoms with E-state index in [1.165, 1.54) is 36.4 Å². The van der Waals surface area contributed by atoms with E-state index in [4.69, 9.17) is 16.2 Å². The monoisotopic (exact) mass is 412 g/mol. The van der Waals surface area contributed by atoms with Crippen LogP contribution in [0.3, 0.4) is 0 Å². The number of fused-ring (bicyclic) bond motifs is 2. The highest BCUT2D eigenvalue weighted by Gasteiger charge is 2.45. The summed E-state index contributed by atoms with van der Waals surface area (Å²) in [6.45, 7) is 0. The Morgan fingerprint density at radius 3 is 2.24 bits per heavy atom. The van der Waals surface area contributed by atoms with Crippen molar-refractivity contribution >= 4 is 21.7 Å². The van der Waals surface area contributed by atoms with Crippen molar-refractivity contribution in [2.45, 2.75) is 11.0 Å². The average molecular weight is 412 g/mol. The first-order valence-corrected chi connectivity index (χ1v) is 10.0. The average Bonchev–Trinajstić information content (AvgIpc) is 2.67. The van der Waals surface area contributed by atoms with E-state index in [9.17, 15) is 22.6 Å². The maximum Gasteiger partial charge on any atom is 0.277 e. The Kier molecular flexibility index (Phi) is 4.19. The summed E-state index contributed by atoms with van der Waals surface area (Å²) in [5.74, 6) is -0.890. The molecule has 0 saturated carbocycles. The molecule has 0 heterocycles. The summed E-state index contributed by atoms with van der Waals surface area (Å²) in [6, 6.07) is 10.8. The van der Waals surface area contributed by atoms with Gasteiger partial charge in [-0.15, -0.1) is 0 Å². The van der Waals surface area contributed by atoms with Gasteiger partial charge < -0.3 is 10.5 Å². The standard InChI is InChI=1S/C20H16N2O6S/c21-11-8-9-20(22,16(10-11)29(25,26)27)28-15-7-3-6-14-17(15)19(24)13-5-2-1-4-12(13)18(14)23/h1-10,16H,21-22H2,(H,25,26,27). The Bertz CT molecular complexity index is 1230. The first-order valence-electron chi connectivity index (χ1n) is 8.54. The highest BCUT2D eigenvalue weighted by molar-refractivity contribution is 7.86. The minimum Gasteiger partial charge on any atom is -0.467 e. The number of ketones is 2. The number of rotatable bonds is 3. The normalized spacial score (nSPS) is 23.2. The molecule has 0 saturated heterocycles. The SMILES string of the molecule is NC1=CC(S(=O)(=O)O)C(N)(Oc2cccc3c2C(=O)c2ccccc2C3=O)C=C1. The first-order chi connectivity index (χ1) is 13.6. The van der Waals surface area contributed by atoms with Gasteiger partial charge in [0.15, 0.2) is 16.8 Å². The Labute approximate surface area is 166 Å². The zero-order chi connectivity index (χ0) is 21.0. The number of hydrogen-bond donors (Lipinski definition) is 3. The van der Waals surface area contributed by atoms with E-state index < -0.39 is 26.9 Å². The lowest BCUT2D eigenvalue weighted by Crippen LogP contribution is -2.57. The predicted molar refractivity (Wildman–Crippen MR) is 104 cm³/mol. The summed E-state index contributed by atoms with van der Waals surface area (Å²) in [5.41, 5.74) is 10.4. The summed E-state index contributed by atoms with van der Waals surface area (Å²) in [6.07, 6.45) is 3.57. The lowest BCUT2D eigenvalue weighted by atomic mass is 9.83. The van der Waals surface area contributed by atoms with E-state index in [-0.39, 0.29) is 39.5 Å². The predicted octanol–water partition coefficient (Wildman–Crippen LogP) is 1.16. The van der Waals surface area contributed by atoms with Gasteiger partial charge in [-0.1, -0.05) is 36.4 Å². The molecule has 5 N–H and O–H groups in total. The summed E-state index contributed by atoms with van der Waals surface area (Å²) < 4.78 is 39.0. The number of allylic oxidation sites excluding steroid dienone is 1. The number of ether oxygens (including phenoxy) is 1. The number of carbonyl (C=O) groups is 2. The summed E-state index contributed by atoms with van der Waals surface area (Å²) in [4.78, 5) is 25.9. The molecule has 148 valence electrons. The van der Waals surface area contributed by atoms with Crippen LogP contribution in [0.15, 0.2) is 66.4 Å². The molecule has 9 heteroatoms. The maximum atomic E-state index is 13.1. The van der Waals surface area contributed by atoms with Gasteiger partial charge >= 0.3 is 0 Å². The third-order valence-electron chi connectivity index (χ3n) is 4.85. The van der Waals surface area contributed by atoms with Crippen LogP contribution in [-0.4, -0.2) is 35.5 Å². The first kappa shape index (κ1) is 19.1. The third kappa shape index (κ3) is 3.05. The van der Waals surface area contributed by atoms with Crippen molar-refractivity contribution in [2.24, 2.45) is 11.5 Å². The lowest BCUT2D eigenvalue weighted by Gasteiger charge is -2.35. The molecule has 4 rings (SSSR count). The maximum absolute atomic E-state index is 13.1. The zero-order valence-corrected chi connectivity index (χ0v) is 15.7. The van der Waals surface area contributed by atoms with Crippen LogP contribution in [0.1, 0.15) is 31.8 Å². The summed E-state index contributed by atoms with van der Waals surface area (Å²) >= 11 is 0. The molecule has 0 amide bonds. The van der Waals surface area contributed by atoms with Crippen LogP contribution in [-0.2, 0) is 10.1 Å². The van der Waals surface area contributed by atoms with Crippen molar-refractivity contribution in [2.75, 3.05) is 0 Å². The van der Waals surface area contributed by atoms with Gasteiger partial charge in [0.25, 0.3) is 10.1 Å². The van der Waals surface area contributed by atoms with Crippen LogP contribution in [0, 0.1) is 0 Å². The Hall–Kier alpha value is -3.27. The fourth-order valence-electron chi connectivity index (χ4n) is 3.48. The molecule has 2 aromatic carbocycles. The molecular formula is C20H16N2O6S. The topological polar surface area (TPSA) is 150 Å². The van der Waals surface area contributed by atoms with Crippen LogP contribution < -0.4 is 16.2 Å². The largest absolute Gasteiger partial charge is 0.467 e. The van der Waals surface area contributed by atoms with E-state index in [1.807, 2.05) is 0 Å². The van der Waals surface area contributed by atoms with Crippen molar-refractivity contribution in [3.63, 3.8) is 0 Å². The van der Waals surface area contributed by atoms with Crippen LogP contribution in [0.25, 0.3) is 0 Å². The minimum absolute atomic E-state index is 0.0222.